The molecule has 2 N–H and O–H groups in total. The van der Waals surface area contributed by atoms with E-state index in [9.17, 15) is 9.59 Å². The van der Waals surface area contributed by atoms with E-state index in [0.29, 0.717) is 34.8 Å². The fourth-order valence-corrected chi connectivity index (χ4v) is 4.89. The molecule has 1 heterocycles. The minimum atomic E-state index is -0.532. The summed E-state index contributed by atoms with van der Waals surface area (Å²) in [7, 11) is 3.17. The Labute approximate surface area is 194 Å². The van der Waals surface area contributed by atoms with Gasteiger partial charge in [0.1, 0.15) is 11.5 Å². The SMILES string of the molecule is COc1ccccc1NC(=O)C1=C(C)NC2=C(C(=O)CC(C)(C)C2)[C@H]1c1ccccc1OC. The van der Waals surface area contributed by atoms with Gasteiger partial charge in [-0.3, -0.25) is 9.59 Å². The van der Waals surface area contributed by atoms with E-state index in [0.717, 1.165) is 23.4 Å². The van der Waals surface area contributed by atoms with Crippen molar-refractivity contribution in [3.63, 3.8) is 0 Å². The lowest BCUT2D eigenvalue weighted by Gasteiger charge is -2.40. The molecule has 0 unspecified atom stereocenters. The molecule has 1 amide bonds. The molecule has 0 fully saturated rings. The fourth-order valence-electron chi connectivity index (χ4n) is 4.89. The molecule has 0 aromatic heterocycles. The van der Waals surface area contributed by atoms with Gasteiger partial charge in [0.2, 0.25) is 0 Å². The zero-order valence-electron chi connectivity index (χ0n) is 19.7. The molecule has 2 aliphatic rings. The number of ketones is 1. The Hall–Kier alpha value is -3.54. The third-order valence-corrected chi connectivity index (χ3v) is 6.29. The van der Waals surface area contributed by atoms with E-state index in [4.69, 9.17) is 9.47 Å². The molecular weight excluding hydrogens is 416 g/mol. The zero-order chi connectivity index (χ0) is 23.8. The number of anilines is 1. The van der Waals surface area contributed by atoms with Gasteiger partial charge in [0.25, 0.3) is 5.91 Å². The molecule has 0 spiro atoms. The molecule has 0 saturated heterocycles. The van der Waals surface area contributed by atoms with Gasteiger partial charge in [0, 0.05) is 34.5 Å². The van der Waals surface area contributed by atoms with Crippen LogP contribution in [0.4, 0.5) is 5.69 Å². The largest absolute Gasteiger partial charge is 0.496 e. The summed E-state index contributed by atoms with van der Waals surface area (Å²) in [6.07, 6.45) is 1.16. The van der Waals surface area contributed by atoms with Gasteiger partial charge in [-0.1, -0.05) is 44.2 Å². The van der Waals surface area contributed by atoms with Crippen molar-refractivity contribution in [3.8, 4) is 11.5 Å². The van der Waals surface area contributed by atoms with Crippen LogP contribution in [0.25, 0.3) is 0 Å². The highest BCUT2D eigenvalue weighted by atomic mass is 16.5. The maximum atomic E-state index is 13.7. The molecule has 0 saturated carbocycles. The van der Waals surface area contributed by atoms with E-state index in [-0.39, 0.29) is 17.1 Å². The Bertz CT molecular complexity index is 1180. The predicted octanol–water partition coefficient (Wildman–Crippen LogP) is 4.95. The van der Waals surface area contributed by atoms with Gasteiger partial charge in [-0.25, -0.2) is 0 Å². The van der Waals surface area contributed by atoms with Crippen LogP contribution in [0.2, 0.25) is 0 Å². The van der Waals surface area contributed by atoms with E-state index in [2.05, 4.69) is 24.5 Å². The van der Waals surface area contributed by atoms with E-state index < -0.39 is 5.92 Å². The lowest BCUT2D eigenvalue weighted by molar-refractivity contribution is -0.118. The van der Waals surface area contributed by atoms with Crippen LogP contribution in [0, 0.1) is 5.41 Å². The predicted molar refractivity (Wildman–Crippen MR) is 128 cm³/mol. The molecule has 1 atom stereocenters. The molecule has 6 heteroatoms. The number of nitrogens with one attached hydrogen (secondary N) is 2. The van der Waals surface area contributed by atoms with Crippen LogP contribution < -0.4 is 20.1 Å². The van der Waals surface area contributed by atoms with Crippen LogP contribution in [0.1, 0.15) is 45.1 Å². The maximum Gasteiger partial charge on any atom is 0.254 e. The molecule has 4 rings (SSSR count). The molecule has 1 aliphatic carbocycles. The summed E-state index contributed by atoms with van der Waals surface area (Å²) in [6, 6.07) is 14.8. The first-order chi connectivity index (χ1) is 15.8. The standard InChI is InChI=1S/C27H30N2O4/c1-16-23(26(31)29-18-11-7-9-13-22(18)33-5)24(17-10-6-8-12-21(17)32-4)25-19(28-16)14-27(2,3)15-20(25)30/h6-13,24,28H,14-15H2,1-5H3,(H,29,31)/t24-/m0/s1. The summed E-state index contributed by atoms with van der Waals surface area (Å²) in [6.45, 7) is 6.07. The number of Topliss-reactive ketones (excluding diaryl/α,β-unsaturated/α-hetero) is 1. The Morgan fingerprint density at radius 2 is 1.64 bits per heavy atom. The van der Waals surface area contributed by atoms with E-state index in [1.165, 1.54) is 0 Å². The lowest BCUT2D eigenvalue weighted by Crippen LogP contribution is -2.39. The second-order valence-corrected chi connectivity index (χ2v) is 9.33. The smallest absolute Gasteiger partial charge is 0.254 e. The Morgan fingerprint density at radius 1 is 1.00 bits per heavy atom. The normalized spacial score (nSPS) is 19.5. The zero-order valence-corrected chi connectivity index (χ0v) is 19.7. The third-order valence-electron chi connectivity index (χ3n) is 6.29. The minimum absolute atomic E-state index is 0.0553. The average Bonchev–Trinajstić information content (AvgIpc) is 2.77. The first-order valence-corrected chi connectivity index (χ1v) is 11.1. The van der Waals surface area contributed by atoms with Crippen molar-refractivity contribution < 1.29 is 19.1 Å². The van der Waals surface area contributed by atoms with Crippen molar-refractivity contribution in [2.75, 3.05) is 19.5 Å². The summed E-state index contributed by atoms with van der Waals surface area (Å²) in [5.74, 6) is 0.446. The molecule has 172 valence electrons. The number of amides is 1. The number of carbonyl (C=O) groups excluding carboxylic acids is 2. The highest BCUT2D eigenvalue weighted by Crippen LogP contribution is 2.48. The van der Waals surface area contributed by atoms with Crippen LogP contribution in [-0.4, -0.2) is 25.9 Å². The number of rotatable bonds is 5. The number of methoxy groups -OCH3 is 2. The molecular formula is C27H30N2O4. The van der Waals surface area contributed by atoms with Crippen molar-refractivity contribution in [3.05, 3.63) is 76.6 Å². The van der Waals surface area contributed by atoms with Crippen molar-refractivity contribution in [1.29, 1.82) is 0 Å². The summed E-state index contributed by atoms with van der Waals surface area (Å²) in [5, 5.41) is 6.38. The number of ether oxygens (including phenoxy) is 2. The number of allylic oxidation sites excluding steroid dienone is 3. The van der Waals surface area contributed by atoms with Crippen LogP contribution in [-0.2, 0) is 9.59 Å². The number of para-hydroxylation sites is 3. The number of benzene rings is 2. The van der Waals surface area contributed by atoms with Crippen molar-refractivity contribution >= 4 is 17.4 Å². The number of hydrogen-bond donors (Lipinski definition) is 2. The first kappa shape index (κ1) is 22.6. The van der Waals surface area contributed by atoms with E-state index >= 15 is 0 Å². The second-order valence-electron chi connectivity index (χ2n) is 9.33. The lowest BCUT2D eigenvalue weighted by atomic mass is 9.68. The fraction of sp³-hybridized carbons (Fsp3) is 0.333. The van der Waals surface area contributed by atoms with Crippen LogP contribution >= 0.6 is 0 Å². The number of dihydropyridines is 1. The second kappa shape index (κ2) is 8.77. The Morgan fingerprint density at radius 3 is 2.33 bits per heavy atom. The van der Waals surface area contributed by atoms with Crippen molar-refractivity contribution in [1.82, 2.24) is 5.32 Å². The highest BCUT2D eigenvalue weighted by Gasteiger charge is 2.43. The van der Waals surface area contributed by atoms with E-state index in [1.54, 1.807) is 26.4 Å². The third kappa shape index (κ3) is 4.25. The van der Waals surface area contributed by atoms with Gasteiger partial charge in [-0.15, -0.1) is 0 Å². The highest BCUT2D eigenvalue weighted by molar-refractivity contribution is 6.10. The molecule has 0 bridgehead atoms. The minimum Gasteiger partial charge on any atom is -0.496 e. The summed E-state index contributed by atoms with van der Waals surface area (Å²) in [5.41, 5.74) is 3.98. The maximum absolute atomic E-state index is 13.7. The van der Waals surface area contributed by atoms with Gasteiger partial charge in [0.05, 0.1) is 25.8 Å². The molecule has 0 radical (unpaired) electrons. The van der Waals surface area contributed by atoms with Gasteiger partial charge in [0.15, 0.2) is 5.78 Å². The molecule has 2 aromatic carbocycles. The van der Waals surface area contributed by atoms with Crippen LogP contribution in [0.15, 0.2) is 71.1 Å². The topological polar surface area (TPSA) is 76.7 Å². The summed E-state index contributed by atoms with van der Waals surface area (Å²) < 4.78 is 11.0. The number of hydrogen-bond acceptors (Lipinski definition) is 5. The molecule has 6 nitrogen and oxygen atoms in total. The monoisotopic (exact) mass is 446 g/mol. The van der Waals surface area contributed by atoms with Gasteiger partial charge < -0.3 is 20.1 Å². The van der Waals surface area contributed by atoms with Gasteiger partial charge in [-0.2, -0.15) is 0 Å². The van der Waals surface area contributed by atoms with Crippen molar-refractivity contribution in [2.45, 2.75) is 39.5 Å². The molecule has 33 heavy (non-hydrogen) atoms. The first-order valence-electron chi connectivity index (χ1n) is 11.1. The molecule has 2 aromatic rings. The molecule has 1 aliphatic heterocycles. The van der Waals surface area contributed by atoms with Crippen molar-refractivity contribution in [2.24, 2.45) is 5.41 Å². The summed E-state index contributed by atoms with van der Waals surface area (Å²) in [4.78, 5) is 27.1. The van der Waals surface area contributed by atoms with Gasteiger partial charge in [-0.05, 0) is 37.0 Å². The van der Waals surface area contributed by atoms with Crippen LogP contribution in [0.5, 0.6) is 11.5 Å². The van der Waals surface area contributed by atoms with Crippen LogP contribution in [0.3, 0.4) is 0 Å². The quantitative estimate of drug-likeness (QED) is 0.680. The Kier molecular flexibility index (Phi) is 6.02. The van der Waals surface area contributed by atoms with Gasteiger partial charge >= 0.3 is 0 Å². The Balaban J connectivity index is 1.85. The van der Waals surface area contributed by atoms with E-state index in [1.807, 2.05) is 43.3 Å². The average molecular weight is 447 g/mol. The number of carbonyl (C=O) groups is 2. The summed E-state index contributed by atoms with van der Waals surface area (Å²) >= 11 is 0.